The van der Waals surface area contributed by atoms with Gasteiger partial charge in [-0.1, -0.05) is 23.7 Å². The van der Waals surface area contributed by atoms with Crippen LogP contribution in [-0.4, -0.2) is 9.97 Å². The number of ether oxygens (including phenoxy) is 1. The highest BCUT2D eigenvalue weighted by Gasteiger charge is 2.16. The molecule has 6 nitrogen and oxygen atoms in total. The number of rotatable bonds is 5. The van der Waals surface area contributed by atoms with Crippen LogP contribution < -0.4 is 10.1 Å². The highest BCUT2D eigenvalue weighted by atomic mass is 35.5. The number of benzene rings is 3. The van der Waals surface area contributed by atoms with Gasteiger partial charge in [-0.2, -0.15) is 15.5 Å². The maximum absolute atomic E-state index is 9.03. The Labute approximate surface area is 210 Å². The predicted molar refractivity (Wildman–Crippen MR) is 138 cm³/mol. The molecule has 0 amide bonds. The third kappa shape index (κ3) is 4.64. The van der Waals surface area contributed by atoms with Crippen molar-refractivity contribution in [3.63, 3.8) is 0 Å². The monoisotopic (exact) mass is 493 g/mol. The molecule has 0 aliphatic carbocycles. The molecule has 0 saturated heterocycles. The van der Waals surface area contributed by atoms with E-state index in [4.69, 9.17) is 26.9 Å². The van der Waals surface area contributed by atoms with E-state index in [1.165, 1.54) is 11.3 Å². The number of nitrogens with zero attached hydrogens (tertiary/aromatic N) is 4. The Hall–Kier alpha value is -4.43. The van der Waals surface area contributed by atoms with Gasteiger partial charge < -0.3 is 10.1 Å². The Morgan fingerprint density at radius 1 is 0.886 bits per heavy atom. The summed E-state index contributed by atoms with van der Waals surface area (Å²) in [6.07, 6.45) is 0. The van der Waals surface area contributed by atoms with Crippen molar-refractivity contribution in [3.8, 4) is 34.9 Å². The Bertz CT molecular complexity index is 1610. The van der Waals surface area contributed by atoms with E-state index in [1.807, 2.05) is 42.6 Å². The lowest BCUT2D eigenvalue weighted by Gasteiger charge is -2.14. The number of hydrogen-bond acceptors (Lipinski definition) is 7. The van der Waals surface area contributed by atoms with E-state index >= 15 is 0 Å². The van der Waals surface area contributed by atoms with Gasteiger partial charge in [-0.15, -0.1) is 11.3 Å². The molecule has 1 N–H and O–H groups in total. The first kappa shape index (κ1) is 22.4. The lowest BCUT2D eigenvalue weighted by atomic mass is 10.0. The molecule has 2 heterocycles. The third-order valence-electron chi connectivity index (χ3n) is 5.32. The van der Waals surface area contributed by atoms with Gasteiger partial charge in [-0.05, 0) is 83.6 Å². The molecule has 3 aromatic carbocycles. The minimum Gasteiger partial charge on any atom is -0.436 e. The first-order valence-electron chi connectivity index (χ1n) is 10.5. The third-order valence-corrected chi connectivity index (χ3v) is 6.49. The molecule has 0 radical (unpaired) electrons. The number of hydrogen-bond donors (Lipinski definition) is 1. The number of thiophene rings is 1. The zero-order valence-corrected chi connectivity index (χ0v) is 20.0. The summed E-state index contributed by atoms with van der Waals surface area (Å²) in [5.74, 6) is 1.29. The SMILES string of the molecule is Cc1cc(-c2ccc(C#N)cc2)cc(Cl)c1Oc1nc(Nc2ccc(C#N)cc2)nc2ccsc12. The van der Waals surface area contributed by atoms with Gasteiger partial charge in [-0.3, -0.25) is 0 Å². The van der Waals surface area contributed by atoms with Crippen molar-refractivity contribution < 1.29 is 4.74 Å². The molecule has 0 fully saturated rings. The zero-order chi connectivity index (χ0) is 24.4. The van der Waals surface area contributed by atoms with Crippen molar-refractivity contribution >= 4 is 44.8 Å². The van der Waals surface area contributed by atoms with Crippen LogP contribution in [0, 0.1) is 29.6 Å². The van der Waals surface area contributed by atoms with Crippen LogP contribution in [0.1, 0.15) is 16.7 Å². The molecule has 0 spiro atoms. The van der Waals surface area contributed by atoms with Crippen molar-refractivity contribution in [3.05, 3.63) is 93.8 Å². The number of aryl methyl sites for hydroxylation is 1. The molecule has 5 rings (SSSR count). The molecule has 2 aromatic heterocycles. The summed E-state index contributed by atoms with van der Waals surface area (Å²) >= 11 is 8.14. The highest BCUT2D eigenvalue weighted by molar-refractivity contribution is 7.17. The topological polar surface area (TPSA) is 94.6 Å². The van der Waals surface area contributed by atoms with E-state index in [1.54, 1.807) is 36.4 Å². The summed E-state index contributed by atoms with van der Waals surface area (Å²) in [5.41, 5.74) is 5.41. The lowest BCUT2D eigenvalue weighted by molar-refractivity contribution is 0.467. The Morgan fingerprint density at radius 3 is 2.23 bits per heavy atom. The predicted octanol–water partition coefficient (Wildman–Crippen LogP) is 7.60. The fraction of sp³-hybridized carbons (Fsp3) is 0.0370. The number of nitrogens with one attached hydrogen (secondary N) is 1. The summed E-state index contributed by atoms with van der Waals surface area (Å²) in [4.78, 5) is 9.18. The largest absolute Gasteiger partial charge is 0.436 e. The summed E-state index contributed by atoms with van der Waals surface area (Å²) in [6, 6.07) is 24.3. The summed E-state index contributed by atoms with van der Waals surface area (Å²) in [7, 11) is 0. The van der Waals surface area contributed by atoms with Crippen molar-refractivity contribution in [1.82, 2.24) is 9.97 Å². The summed E-state index contributed by atoms with van der Waals surface area (Å²) in [6.45, 7) is 1.93. The van der Waals surface area contributed by atoms with Crippen molar-refractivity contribution in [1.29, 1.82) is 10.5 Å². The minimum atomic E-state index is 0.374. The average molecular weight is 494 g/mol. The van der Waals surface area contributed by atoms with Gasteiger partial charge in [0.2, 0.25) is 11.8 Å². The van der Waals surface area contributed by atoms with Crippen LogP contribution in [0.4, 0.5) is 11.6 Å². The smallest absolute Gasteiger partial charge is 0.242 e. The second-order valence-electron chi connectivity index (χ2n) is 7.70. The standard InChI is InChI=1S/C27H16ClN5OS/c1-16-12-20(19-6-2-17(14-29)3-7-19)13-22(28)24(16)34-26-25-23(10-11-35-25)32-27(33-26)31-21-8-4-18(15-30)5-9-21/h2-13H,1H3,(H,31,32,33). The molecule has 0 aliphatic heterocycles. The van der Waals surface area contributed by atoms with Gasteiger partial charge >= 0.3 is 0 Å². The molecule has 0 saturated carbocycles. The maximum atomic E-state index is 9.03. The Kier molecular flexibility index (Phi) is 6.03. The highest BCUT2D eigenvalue weighted by Crippen LogP contribution is 2.39. The minimum absolute atomic E-state index is 0.374. The van der Waals surface area contributed by atoms with E-state index in [9.17, 15) is 0 Å². The van der Waals surface area contributed by atoms with Crippen LogP contribution in [0.5, 0.6) is 11.6 Å². The van der Waals surface area contributed by atoms with E-state index in [-0.39, 0.29) is 0 Å². The number of nitriles is 2. The number of fused-ring (bicyclic) bond motifs is 1. The molecule has 8 heteroatoms. The molecular weight excluding hydrogens is 478 g/mol. The fourth-order valence-electron chi connectivity index (χ4n) is 3.58. The summed E-state index contributed by atoms with van der Waals surface area (Å²) < 4.78 is 7.06. The summed E-state index contributed by atoms with van der Waals surface area (Å²) in [5, 5.41) is 23.6. The van der Waals surface area contributed by atoms with Crippen LogP contribution in [0.3, 0.4) is 0 Å². The lowest BCUT2D eigenvalue weighted by Crippen LogP contribution is -2.00. The zero-order valence-electron chi connectivity index (χ0n) is 18.4. The van der Waals surface area contributed by atoms with Crippen molar-refractivity contribution in [2.24, 2.45) is 0 Å². The van der Waals surface area contributed by atoms with Crippen molar-refractivity contribution in [2.75, 3.05) is 5.32 Å². The number of halogens is 1. The average Bonchev–Trinajstić information content (AvgIpc) is 3.35. The van der Waals surface area contributed by atoms with Gasteiger partial charge in [0.15, 0.2) is 5.75 Å². The van der Waals surface area contributed by atoms with Crippen LogP contribution in [0.15, 0.2) is 72.1 Å². The Balaban J connectivity index is 1.48. The van der Waals surface area contributed by atoms with Gasteiger partial charge in [0.1, 0.15) is 4.70 Å². The van der Waals surface area contributed by atoms with Gasteiger partial charge in [0.25, 0.3) is 0 Å². The maximum Gasteiger partial charge on any atom is 0.242 e. The second-order valence-corrected chi connectivity index (χ2v) is 9.02. The van der Waals surface area contributed by atoms with E-state index in [2.05, 4.69) is 27.4 Å². The molecule has 0 bridgehead atoms. The van der Waals surface area contributed by atoms with Gasteiger partial charge in [0, 0.05) is 5.69 Å². The molecule has 0 unspecified atom stereocenters. The van der Waals surface area contributed by atoms with Crippen LogP contribution in [0.2, 0.25) is 5.02 Å². The van der Waals surface area contributed by atoms with E-state index in [0.717, 1.165) is 32.6 Å². The quantitative estimate of drug-likeness (QED) is 0.271. The second kappa shape index (κ2) is 9.44. The van der Waals surface area contributed by atoms with Crippen LogP contribution in [-0.2, 0) is 0 Å². The van der Waals surface area contributed by atoms with Gasteiger partial charge in [0.05, 0.1) is 33.8 Å². The normalized spacial score (nSPS) is 10.5. The number of aromatic nitrogens is 2. The molecule has 168 valence electrons. The van der Waals surface area contributed by atoms with E-state index < -0.39 is 0 Å². The van der Waals surface area contributed by atoms with Crippen LogP contribution in [0.25, 0.3) is 21.3 Å². The van der Waals surface area contributed by atoms with Crippen molar-refractivity contribution in [2.45, 2.75) is 6.92 Å². The van der Waals surface area contributed by atoms with Crippen LogP contribution >= 0.6 is 22.9 Å². The first-order valence-corrected chi connectivity index (χ1v) is 11.8. The molecule has 5 aromatic rings. The number of anilines is 2. The van der Waals surface area contributed by atoms with Gasteiger partial charge in [-0.25, -0.2) is 4.98 Å². The fourth-order valence-corrected chi connectivity index (χ4v) is 4.64. The van der Waals surface area contributed by atoms with E-state index in [0.29, 0.717) is 33.7 Å². The Morgan fingerprint density at radius 2 is 1.57 bits per heavy atom. The molecular formula is C27H16ClN5OS. The molecule has 0 aliphatic rings. The molecule has 0 atom stereocenters. The first-order chi connectivity index (χ1) is 17.0. The molecule has 35 heavy (non-hydrogen) atoms.